The van der Waals surface area contributed by atoms with E-state index in [9.17, 15) is 8.42 Å². The van der Waals surface area contributed by atoms with E-state index in [1.165, 1.54) is 19.3 Å². The van der Waals surface area contributed by atoms with Gasteiger partial charge in [-0.25, -0.2) is 18.1 Å². The summed E-state index contributed by atoms with van der Waals surface area (Å²) in [6, 6.07) is 1.36. The second-order valence-corrected chi connectivity index (χ2v) is 5.03. The molecule has 0 aromatic carbocycles. The van der Waals surface area contributed by atoms with Crippen molar-refractivity contribution < 1.29 is 8.42 Å². The van der Waals surface area contributed by atoms with E-state index in [-0.39, 0.29) is 9.92 Å². The summed E-state index contributed by atoms with van der Waals surface area (Å²) in [6.07, 6.45) is 1.26. The Morgan fingerprint density at radius 1 is 1.53 bits per heavy atom. The number of hydrogen-bond donors (Lipinski definition) is 2. The minimum atomic E-state index is -3.48. The van der Waals surface area contributed by atoms with Gasteiger partial charge >= 0.3 is 0 Å². The quantitative estimate of drug-likeness (QED) is 0.838. The first-order valence-electron chi connectivity index (χ1n) is 4.34. The van der Waals surface area contributed by atoms with Crippen molar-refractivity contribution in [2.75, 3.05) is 18.9 Å². The summed E-state index contributed by atoms with van der Waals surface area (Å²) in [7, 11) is -2.14. The Hall–Kier alpha value is -0.850. The predicted octanol–water partition coefficient (Wildman–Crippen LogP) is 1.07. The topological polar surface area (TPSA) is 71.1 Å². The molecule has 84 valence electrons. The second-order valence-electron chi connectivity index (χ2n) is 2.74. The lowest BCUT2D eigenvalue weighted by Gasteiger charge is -2.07. The van der Waals surface area contributed by atoms with Crippen LogP contribution >= 0.6 is 11.6 Å². The molecule has 0 amide bonds. The lowest BCUT2D eigenvalue weighted by molar-refractivity contribution is 0.588. The molecule has 0 aliphatic carbocycles. The molecule has 1 aromatic rings. The molecule has 0 atom stereocenters. The maximum atomic E-state index is 11.4. The van der Waals surface area contributed by atoms with Gasteiger partial charge in [-0.2, -0.15) is 0 Å². The minimum absolute atomic E-state index is 0.0525. The molecule has 0 aliphatic heterocycles. The van der Waals surface area contributed by atoms with Crippen molar-refractivity contribution in [1.82, 2.24) is 9.71 Å². The summed E-state index contributed by atoms with van der Waals surface area (Å²) < 4.78 is 25.0. The van der Waals surface area contributed by atoms with Crippen molar-refractivity contribution in [3.63, 3.8) is 0 Å². The fourth-order valence-electron chi connectivity index (χ4n) is 0.983. The summed E-state index contributed by atoms with van der Waals surface area (Å²) >= 11 is 5.85. The van der Waals surface area contributed by atoms with Crippen molar-refractivity contribution in [3.8, 4) is 0 Å². The van der Waals surface area contributed by atoms with Gasteiger partial charge in [0.05, 0.1) is 5.02 Å². The van der Waals surface area contributed by atoms with Crippen LogP contribution in [0, 0.1) is 0 Å². The summed E-state index contributed by atoms with van der Waals surface area (Å²) in [5, 5.41) is 3.20. The van der Waals surface area contributed by atoms with E-state index in [1.807, 2.05) is 6.92 Å². The van der Waals surface area contributed by atoms with Gasteiger partial charge in [-0.1, -0.05) is 11.6 Å². The lowest BCUT2D eigenvalue weighted by atomic mass is 10.4. The molecular formula is C8H12ClN3O2S. The molecule has 0 unspecified atom stereocenters. The van der Waals surface area contributed by atoms with Gasteiger partial charge in [0.15, 0.2) is 0 Å². The first-order valence-corrected chi connectivity index (χ1v) is 6.20. The zero-order valence-corrected chi connectivity index (χ0v) is 9.98. The molecule has 1 aromatic heterocycles. The third kappa shape index (κ3) is 2.80. The van der Waals surface area contributed by atoms with E-state index in [0.29, 0.717) is 12.4 Å². The molecule has 0 fully saturated rings. The van der Waals surface area contributed by atoms with E-state index in [2.05, 4.69) is 15.0 Å². The molecule has 1 rings (SSSR count). The summed E-state index contributed by atoms with van der Waals surface area (Å²) in [4.78, 5) is 3.97. The Labute approximate surface area is 93.9 Å². The van der Waals surface area contributed by atoms with Crippen molar-refractivity contribution >= 4 is 27.4 Å². The molecule has 1 heterocycles. The number of anilines is 1. The van der Waals surface area contributed by atoms with Crippen LogP contribution in [0.15, 0.2) is 17.2 Å². The van der Waals surface area contributed by atoms with Gasteiger partial charge in [0.1, 0.15) is 10.7 Å². The number of hydrogen-bond acceptors (Lipinski definition) is 4. The van der Waals surface area contributed by atoms with E-state index >= 15 is 0 Å². The molecule has 7 heteroatoms. The van der Waals surface area contributed by atoms with Gasteiger partial charge in [0.25, 0.3) is 0 Å². The lowest BCUT2D eigenvalue weighted by Crippen LogP contribution is -2.19. The van der Waals surface area contributed by atoms with Crippen LogP contribution in [-0.4, -0.2) is 27.0 Å². The van der Waals surface area contributed by atoms with Crippen LogP contribution in [0.4, 0.5) is 5.82 Å². The first-order chi connectivity index (χ1) is 7.01. The summed E-state index contributed by atoms with van der Waals surface area (Å²) in [5.41, 5.74) is 0. The minimum Gasteiger partial charge on any atom is -0.369 e. The molecule has 15 heavy (non-hydrogen) atoms. The first kappa shape index (κ1) is 12.2. The normalized spacial score (nSPS) is 11.4. The number of rotatable bonds is 4. The Kier molecular flexibility index (Phi) is 3.90. The standard InChI is InChI=1S/C8H12ClN3O2S/c1-3-11-8-7(9)4-6(5-12-8)15(13,14)10-2/h4-5,10H,3H2,1-2H3,(H,11,12). The molecule has 2 N–H and O–H groups in total. The number of halogens is 1. The molecule has 5 nitrogen and oxygen atoms in total. The van der Waals surface area contributed by atoms with Crippen LogP contribution in [0.3, 0.4) is 0 Å². The van der Waals surface area contributed by atoms with E-state index in [4.69, 9.17) is 11.6 Å². The number of sulfonamides is 1. The van der Waals surface area contributed by atoms with Gasteiger partial charge in [0, 0.05) is 12.7 Å². The molecule has 0 radical (unpaired) electrons. The Morgan fingerprint density at radius 2 is 2.20 bits per heavy atom. The Balaban J connectivity index is 3.12. The molecular weight excluding hydrogens is 238 g/mol. The van der Waals surface area contributed by atoms with Gasteiger partial charge in [0.2, 0.25) is 10.0 Å². The largest absolute Gasteiger partial charge is 0.369 e. The fourth-order valence-corrected chi connectivity index (χ4v) is 1.98. The highest BCUT2D eigenvalue weighted by atomic mass is 35.5. The van der Waals surface area contributed by atoms with Crippen molar-refractivity contribution in [1.29, 1.82) is 0 Å². The van der Waals surface area contributed by atoms with Crippen LogP contribution in [0.2, 0.25) is 5.02 Å². The van der Waals surface area contributed by atoms with Crippen LogP contribution in [-0.2, 0) is 10.0 Å². The van der Waals surface area contributed by atoms with Crippen molar-refractivity contribution in [2.45, 2.75) is 11.8 Å². The number of pyridine rings is 1. The van der Waals surface area contributed by atoms with Crippen LogP contribution < -0.4 is 10.0 Å². The van der Waals surface area contributed by atoms with E-state index in [1.54, 1.807) is 0 Å². The molecule has 0 saturated heterocycles. The highest BCUT2D eigenvalue weighted by Crippen LogP contribution is 2.21. The third-order valence-electron chi connectivity index (χ3n) is 1.74. The molecule has 0 aliphatic rings. The van der Waals surface area contributed by atoms with Crippen LogP contribution in [0.1, 0.15) is 6.92 Å². The highest BCUT2D eigenvalue weighted by molar-refractivity contribution is 7.89. The molecule has 0 saturated carbocycles. The Bertz CT molecular complexity index is 447. The van der Waals surface area contributed by atoms with Gasteiger partial charge < -0.3 is 5.32 Å². The van der Waals surface area contributed by atoms with Crippen molar-refractivity contribution in [2.24, 2.45) is 0 Å². The number of aromatic nitrogens is 1. The fraction of sp³-hybridized carbons (Fsp3) is 0.375. The summed E-state index contributed by atoms with van der Waals surface area (Å²) in [5.74, 6) is 0.481. The molecule has 0 spiro atoms. The Morgan fingerprint density at radius 3 is 2.67 bits per heavy atom. The monoisotopic (exact) mass is 249 g/mol. The van der Waals surface area contributed by atoms with Gasteiger partial charge in [-0.05, 0) is 20.0 Å². The highest BCUT2D eigenvalue weighted by Gasteiger charge is 2.13. The second kappa shape index (κ2) is 4.78. The van der Waals surface area contributed by atoms with E-state index < -0.39 is 10.0 Å². The molecule has 0 bridgehead atoms. The maximum absolute atomic E-state index is 11.4. The summed E-state index contributed by atoms with van der Waals surface area (Å²) in [6.45, 7) is 2.57. The zero-order chi connectivity index (χ0) is 11.5. The average molecular weight is 250 g/mol. The van der Waals surface area contributed by atoms with Crippen LogP contribution in [0.25, 0.3) is 0 Å². The predicted molar refractivity (Wildman–Crippen MR) is 59.7 cm³/mol. The third-order valence-corrected chi connectivity index (χ3v) is 3.41. The maximum Gasteiger partial charge on any atom is 0.241 e. The van der Waals surface area contributed by atoms with Gasteiger partial charge in [-0.15, -0.1) is 0 Å². The van der Waals surface area contributed by atoms with E-state index in [0.717, 1.165) is 0 Å². The average Bonchev–Trinajstić information content (AvgIpc) is 2.21. The number of nitrogens with one attached hydrogen (secondary N) is 2. The van der Waals surface area contributed by atoms with Crippen LogP contribution in [0.5, 0.6) is 0 Å². The SMILES string of the molecule is CCNc1ncc(S(=O)(=O)NC)cc1Cl. The van der Waals surface area contributed by atoms with Crippen molar-refractivity contribution in [3.05, 3.63) is 17.3 Å². The smallest absolute Gasteiger partial charge is 0.241 e. The zero-order valence-electron chi connectivity index (χ0n) is 8.41. The van der Waals surface area contributed by atoms with Gasteiger partial charge in [-0.3, -0.25) is 0 Å². The number of nitrogens with zero attached hydrogens (tertiary/aromatic N) is 1.